The molecule has 1 aromatic heterocycles. The molecule has 0 aromatic carbocycles. The number of ether oxygens (including phenoxy) is 1. The summed E-state index contributed by atoms with van der Waals surface area (Å²) in [7, 11) is 0. The number of hydrogen-bond donors (Lipinski definition) is 1. The molecule has 3 saturated heterocycles. The number of cyclic esters (lactones) is 1. The number of amides is 3. The smallest absolute Gasteiger partial charge is 0.417 e. The summed E-state index contributed by atoms with van der Waals surface area (Å²) in [5.74, 6) is -0.773. The summed E-state index contributed by atoms with van der Waals surface area (Å²) in [4.78, 5) is 30.8. The lowest BCUT2D eigenvalue weighted by Gasteiger charge is -2.60. The van der Waals surface area contributed by atoms with Crippen molar-refractivity contribution in [1.82, 2.24) is 20.1 Å². The molecule has 2 spiro atoms. The number of nitrogens with zero attached hydrogens (tertiary/aromatic N) is 3. The van der Waals surface area contributed by atoms with Crippen LogP contribution in [0.5, 0.6) is 0 Å². The topological polar surface area (TPSA) is 74.8 Å². The van der Waals surface area contributed by atoms with E-state index in [1.54, 1.807) is 9.80 Å². The Morgan fingerprint density at radius 2 is 1.90 bits per heavy atom. The first kappa shape index (κ1) is 19.4. The summed E-state index contributed by atoms with van der Waals surface area (Å²) in [6.07, 6.45) is -2.49. The molecule has 1 N–H and O–H groups in total. The average Bonchev–Trinajstić information content (AvgIpc) is 2.96. The highest BCUT2D eigenvalue weighted by molar-refractivity contribution is 5.78. The van der Waals surface area contributed by atoms with E-state index >= 15 is 0 Å². The first-order valence-corrected chi connectivity index (χ1v) is 9.77. The first-order chi connectivity index (χ1) is 14.1. The maximum absolute atomic E-state index is 14.0. The maximum Gasteiger partial charge on any atom is 0.417 e. The van der Waals surface area contributed by atoms with Gasteiger partial charge in [-0.1, -0.05) is 0 Å². The Morgan fingerprint density at radius 1 is 1.23 bits per heavy atom. The molecule has 0 bridgehead atoms. The third-order valence-electron chi connectivity index (χ3n) is 6.60. The second-order valence-electron chi connectivity index (χ2n) is 9.10. The van der Waals surface area contributed by atoms with Gasteiger partial charge in [0.2, 0.25) is 0 Å². The van der Waals surface area contributed by atoms with Gasteiger partial charge < -0.3 is 19.9 Å². The second kappa shape index (κ2) is 6.21. The van der Waals surface area contributed by atoms with Gasteiger partial charge in [0, 0.05) is 24.7 Å². The van der Waals surface area contributed by atoms with Crippen molar-refractivity contribution in [3.63, 3.8) is 0 Å². The van der Waals surface area contributed by atoms with Crippen molar-refractivity contribution in [2.24, 2.45) is 11.3 Å². The van der Waals surface area contributed by atoms with E-state index in [4.69, 9.17) is 4.74 Å². The van der Waals surface area contributed by atoms with Crippen LogP contribution in [0.15, 0.2) is 12.3 Å². The van der Waals surface area contributed by atoms with Crippen LogP contribution in [0.25, 0.3) is 0 Å². The van der Waals surface area contributed by atoms with Crippen LogP contribution in [0.2, 0.25) is 0 Å². The molecule has 30 heavy (non-hydrogen) atoms. The van der Waals surface area contributed by atoms with Gasteiger partial charge in [0.15, 0.2) is 0 Å². The van der Waals surface area contributed by atoms with E-state index in [9.17, 15) is 27.2 Å². The molecule has 1 aromatic rings. The Morgan fingerprint density at radius 3 is 2.47 bits per heavy atom. The molecular formula is C19H20F4N4O3. The highest BCUT2D eigenvalue weighted by atomic mass is 19.4. The van der Waals surface area contributed by atoms with Crippen molar-refractivity contribution < 1.29 is 31.9 Å². The summed E-state index contributed by atoms with van der Waals surface area (Å²) < 4.78 is 56.7. The number of alkyl halides is 3. The van der Waals surface area contributed by atoms with E-state index in [2.05, 4.69) is 10.3 Å². The van der Waals surface area contributed by atoms with Gasteiger partial charge in [-0.15, -0.1) is 0 Å². The monoisotopic (exact) mass is 428 g/mol. The molecule has 1 saturated carbocycles. The van der Waals surface area contributed by atoms with Crippen LogP contribution in [0.1, 0.15) is 24.1 Å². The van der Waals surface area contributed by atoms with Crippen LogP contribution in [-0.4, -0.2) is 65.2 Å². The Hall–Kier alpha value is -2.59. The number of alkyl carbamates (subject to hydrolysis) is 1. The first-order valence-electron chi connectivity index (χ1n) is 9.77. The molecule has 4 heterocycles. The summed E-state index contributed by atoms with van der Waals surface area (Å²) in [6, 6.07) is 0.435. The van der Waals surface area contributed by atoms with E-state index in [1.165, 1.54) is 0 Å². The number of rotatable bonds is 2. The zero-order valence-corrected chi connectivity index (χ0v) is 16.0. The molecule has 1 aliphatic carbocycles. The number of carbonyl (C=O) groups excluding carboxylic acids is 2. The van der Waals surface area contributed by atoms with Gasteiger partial charge in [-0.25, -0.2) is 14.0 Å². The molecule has 3 aliphatic heterocycles. The van der Waals surface area contributed by atoms with Gasteiger partial charge in [-0.2, -0.15) is 13.2 Å². The lowest BCUT2D eigenvalue weighted by Crippen LogP contribution is -2.74. The Balaban J connectivity index is 1.09. The molecule has 0 unspecified atom stereocenters. The zero-order valence-electron chi connectivity index (χ0n) is 16.0. The molecule has 7 nitrogen and oxygen atoms in total. The molecule has 0 radical (unpaired) electrons. The third kappa shape index (κ3) is 3.14. The number of pyridine rings is 1. The standard InChI is InChI=1S/C19H20F4N4O3/c20-13-2-12(19(21,22)23)5-24-14(13)1-11-3-17(4-11)6-26(7-17)16(29)27-8-18(9-27)10-30-15(28)25-18/h2,5,11H,1,3-4,6-10H2,(H,25,28). The van der Waals surface area contributed by atoms with Crippen molar-refractivity contribution in [3.8, 4) is 0 Å². The molecular weight excluding hydrogens is 408 g/mol. The molecule has 4 fully saturated rings. The number of likely N-dealkylation sites (tertiary alicyclic amines) is 2. The summed E-state index contributed by atoms with van der Waals surface area (Å²) in [5, 5.41) is 2.74. The molecule has 0 atom stereocenters. The summed E-state index contributed by atoms with van der Waals surface area (Å²) in [5.41, 5.74) is -1.45. The van der Waals surface area contributed by atoms with Gasteiger partial charge >= 0.3 is 18.3 Å². The van der Waals surface area contributed by atoms with Gasteiger partial charge in [0.25, 0.3) is 0 Å². The van der Waals surface area contributed by atoms with Crippen molar-refractivity contribution in [2.75, 3.05) is 32.8 Å². The normalized spacial score (nSPS) is 24.2. The van der Waals surface area contributed by atoms with E-state index < -0.39 is 29.2 Å². The van der Waals surface area contributed by atoms with Crippen molar-refractivity contribution >= 4 is 12.1 Å². The van der Waals surface area contributed by atoms with Crippen LogP contribution in [0, 0.1) is 17.2 Å². The summed E-state index contributed by atoms with van der Waals surface area (Å²) >= 11 is 0. The minimum atomic E-state index is -4.61. The maximum atomic E-state index is 14.0. The Labute approximate surface area is 169 Å². The fourth-order valence-corrected chi connectivity index (χ4v) is 5.19. The predicted octanol–water partition coefficient (Wildman–Crippen LogP) is 2.41. The van der Waals surface area contributed by atoms with Crippen LogP contribution >= 0.6 is 0 Å². The SMILES string of the molecule is O=C1NC2(CO1)CN(C(=O)N1CC3(CC(Cc4ncc(C(F)(F)F)cc4F)C3)C1)C2. The van der Waals surface area contributed by atoms with Gasteiger partial charge in [0.1, 0.15) is 18.0 Å². The lowest BCUT2D eigenvalue weighted by molar-refractivity contribution is -0.138. The second-order valence-corrected chi connectivity index (χ2v) is 9.10. The van der Waals surface area contributed by atoms with Gasteiger partial charge in [0.05, 0.1) is 24.3 Å². The fraction of sp³-hybridized carbons (Fsp3) is 0.632. The zero-order chi connectivity index (χ0) is 21.3. The summed E-state index contributed by atoms with van der Waals surface area (Å²) in [6.45, 7) is 2.39. The van der Waals surface area contributed by atoms with E-state index in [1.807, 2.05) is 0 Å². The quantitative estimate of drug-likeness (QED) is 0.735. The van der Waals surface area contributed by atoms with E-state index in [-0.39, 0.29) is 29.7 Å². The molecule has 5 rings (SSSR count). The van der Waals surface area contributed by atoms with Crippen LogP contribution in [0.3, 0.4) is 0 Å². The Bertz CT molecular complexity index is 902. The Kier molecular flexibility index (Phi) is 4.01. The molecule has 162 valence electrons. The minimum absolute atomic E-state index is 0.0238. The predicted molar refractivity (Wildman–Crippen MR) is 93.8 cm³/mol. The number of aromatic nitrogens is 1. The number of nitrogens with one attached hydrogen (secondary N) is 1. The largest absolute Gasteiger partial charge is 0.447 e. The van der Waals surface area contributed by atoms with Crippen LogP contribution < -0.4 is 5.32 Å². The third-order valence-corrected chi connectivity index (χ3v) is 6.60. The highest BCUT2D eigenvalue weighted by Crippen LogP contribution is 2.53. The molecule has 11 heteroatoms. The number of halogens is 4. The average molecular weight is 428 g/mol. The van der Waals surface area contributed by atoms with Gasteiger partial charge in [-0.05, 0) is 31.2 Å². The number of hydrogen-bond acceptors (Lipinski definition) is 4. The van der Waals surface area contributed by atoms with Crippen molar-refractivity contribution in [1.29, 1.82) is 0 Å². The fourth-order valence-electron chi connectivity index (χ4n) is 5.19. The van der Waals surface area contributed by atoms with Crippen molar-refractivity contribution in [3.05, 3.63) is 29.3 Å². The number of urea groups is 1. The molecule has 3 amide bonds. The minimum Gasteiger partial charge on any atom is -0.447 e. The van der Waals surface area contributed by atoms with Crippen LogP contribution in [-0.2, 0) is 17.3 Å². The van der Waals surface area contributed by atoms with Crippen LogP contribution in [0.4, 0.5) is 27.2 Å². The molecule has 4 aliphatic rings. The van der Waals surface area contributed by atoms with Crippen molar-refractivity contribution in [2.45, 2.75) is 31.0 Å². The van der Waals surface area contributed by atoms with Gasteiger partial charge in [-0.3, -0.25) is 4.98 Å². The highest BCUT2D eigenvalue weighted by Gasteiger charge is 2.57. The number of carbonyl (C=O) groups is 2. The van der Waals surface area contributed by atoms with E-state index in [0.29, 0.717) is 44.9 Å². The van der Waals surface area contributed by atoms with E-state index in [0.717, 1.165) is 12.8 Å². The lowest BCUT2D eigenvalue weighted by atomic mass is 9.57.